The van der Waals surface area contributed by atoms with E-state index in [1.807, 2.05) is 24.3 Å². The molecule has 1 N–H and O–H groups in total. The average Bonchev–Trinajstić information content (AvgIpc) is 3.17. The molecule has 1 fully saturated rings. The Labute approximate surface area is 240 Å². The lowest BCUT2D eigenvalue weighted by atomic mass is 10.0. The zero-order chi connectivity index (χ0) is 27.7. The third kappa shape index (κ3) is 7.07. The molecule has 0 spiro atoms. The van der Waals surface area contributed by atoms with Crippen molar-refractivity contribution >= 4 is 57.7 Å². The van der Waals surface area contributed by atoms with Gasteiger partial charge in [-0.2, -0.15) is 5.26 Å². The van der Waals surface area contributed by atoms with Crippen LogP contribution >= 0.6 is 35.6 Å². The van der Waals surface area contributed by atoms with Crippen molar-refractivity contribution in [3.63, 3.8) is 0 Å². The molecular weight excluding hydrogens is 536 g/mol. The number of carbonyl (C=O) groups excluding carboxylic acids is 1. The summed E-state index contributed by atoms with van der Waals surface area (Å²) in [5.74, 6) is 0.446. The minimum Gasteiger partial charge on any atom is -0.367 e. The van der Waals surface area contributed by atoms with E-state index >= 15 is 0 Å². The molecule has 1 aliphatic heterocycles. The van der Waals surface area contributed by atoms with E-state index in [4.69, 9.17) is 23.8 Å². The number of anilines is 1. The monoisotopic (exact) mass is 570 g/mol. The van der Waals surface area contributed by atoms with Crippen LogP contribution in [0.3, 0.4) is 0 Å². The van der Waals surface area contributed by atoms with Crippen LogP contribution in [0.4, 0.5) is 5.82 Å². The van der Waals surface area contributed by atoms with E-state index in [1.54, 1.807) is 22.5 Å². The van der Waals surface area contributed by atoms with Crippen LogP contribution in [-0.4, -0.2) is 26.2 Å². The summed E-state index contributed by atoms with van der Waals surface area (Å²) in [4.78, 5) is 28.8. The van der Waals surface area contributed by atoms with Crippen LogP contribution in [0.2, 0.25) is 5.02 Å². The van der Waals surface area contributed by atoms with Crippen LogP contribution in [0, 0.1) is 18.3 Å². The highest BCUT2D eigenvalue weighted by atomic mass is 35.5. The predicted molar refractivity (Wildman–Crippen MR) is 162 cm³/mol. The van der Waals surface area contributed by atoms with Gasteiger partial charge in [0.2, 0.25) is 0 Å². The molecular formula is C29H35ClN4O2S2. The quantitative estimate of drug-likeness (QED) is 0.155. The molecule has 1 aromatic heterocycles. The molecule has 202 valence electrons. The first-order valence-electron chi connectivity index (χ1n) is 13.2. The minimum absolute atomic E-state index is 0.0852. The number of benzene rings is 1. The van der Waals surface area contributed by atoms with Gasteiger partial charge in [0.15, 0.2) is 0 Å². The van der Waals surface area contributed by atoms with Crippen LogP contribution in [0.5, 0.6) is 0 Å². The van der Waals surface area contributed by atoms with Crippen molar-refractivity contribution in [3.8, 4) is 6.07 Å². The van der Waals surface area contributed by atoms with Crippen molar-refractivity contribution in [1.82, 2.24) is 9.47 Å². The van der Waals surface area contributed by atoms with Gasteiger partial charge in [0.05, 0.1) is 4.91 Å². The van der Waals surface area contributed by atoms with Gasteiger partial charge in [-0.3, -0.25) is 19.1 Å². The van der Waals surface area contributed by atoms with Crippen LogP contribution in [-0.2, 0) is 17.9 Å². The molecule has 1 saturated heterocycles. The maximum Gasteiger partial charge on any atom is 0.270 e. The molecule has 0 aliphatic carbocycles. The Kier molecular flexibility index (Phi) is 11.4. The lowest BCUT2D eigenvalue weighted by Crippen LogP contribution is -2.29. The molecule has 0 bridgehead atoms. The number of amides is 1. The fourth-order valence-electron chi connectivity index (χ4n) is 4.40. The summed E-state index contributed by atoms with van der Waals surface area (Å²) >= 11 is 13.2. The number of unbranched alkanes of at least 4 members (excludes halogenated alkanes) is 5. The van der Waals surface area contributed by atoms with Crippen LogP contribution in [0.1, 0.15) is 81.0 Å². The second-order valence-corrected chi connectivity index (χ2v) is 11.5. The number of halogens is 1. The van der Waals surface area contributed by atoms with Gasteiger partial charge in [-0.15, -0.1) is 0 Å². The van der Waals surface area contributed by atoms with E-state index in [9.17, 15) is 14.9 Å². The number of hydrogen-bond donors (Lipinski definition) is 1. The highest BCUT2D eigenvalue weighted by molar-refractivity contribution is 8.26. The lowest BCUT2D eigenvalue weighted by molar-refractivity contribution is -0.122. The van der Waals surface area contributed by atoms with Crippen LogP contribution < -0.4 is 10.9 Å². The smallest absolute Gasteiger partial charge is 0.270 e. The molecule has 3 rings (SSSR count). The zero-order valence-electron chi connectivity index (χ0n) is 22.3. The van der Waals surface area contributed by atoms with Crippen molar-refractivity contribution in [2.24, 2.45) is 0 Å². The highest BCUT2D eigenvalue weighted by Gasteiger charge is 2.32. The number of hydrogen-bond acceptors (Lipinski definition) is 6. The normalized spacial score (nSPS) is 14.4. The van der Waals surface area contributed by atoms with Crippen molar-refractivity contribution in [2.45, 2.75) is 78.8 Å². The number of thioether (sulfide) groups is 1. The summed E-state index contributed by atoms with van der Waals surface area (Å²) in [6.45, 7) is 7.42. The average molecular weight is 571 g/mol. The van der Waals surface area contributed by atoms with Crippen LogP contribution in [0.15, 0.2) is 34.0 Å². The molecule has 1 aliphatic rings. The van der Waals surface area contributed by atoms with Crippen molar-refractivity contribution in [3.05, 3.63) is 66.8 Å². The summed E-state index contributed by atoms with van der Waals surface area (Å²) in [6.07, 6.45) is 8.92. The third-order valence-corrected chi connectivity index (χ3v) is 8.40. The predicted octanol–water partition coefficient (Wildman–Crippen LogP) is 7.27. The highest BCUT2D eigenvalue weighted by Crippen LogP contribution is 2.35. The van der Waals surface area contributed by atoms with Crippen molar-refractivity contribution < 1.29 is 4.79 Å². The molecule has 0 saturated carbocycles. The van der Waals surface area contributed by atoms with Crippen molar-refractivity contribution in [1.29, 1.82) is 5.26 Å². The molecule has 1 amide bonds. The molecule has 6 nitrogen and oxygen atoms in total. The van der Waals surface area contributed by atoms with Gasteiger partial charge >= 0.3 is 0 Å². The second kappa shape index (κ2) is 14.5. The number of nitrogens with one attached hydrogen (secondary N) is 1. The first kappa shape index (κ1) is 29.9. The Hall–Kier alpha value is -2.60. The topological polar surface area (TPSA) is 78.1 Å². The Morgan fingerprint density at radius 3 is 2.47 bits per heavy atom. The third-order valence-electron chi connectivity index (χ3n) is 6.65. The fraction of sp³-hybridized carbons (Fsp3) is 0.448. The fourth-order valence-corrected chi connectivity index (χ4v) is 5.89. The maximum absolute atomic E-state index is 13.3. The van der Waals surface area contributed by atoms with E-state index < -0.39 is 0 Å². The second-order valence-electron chi connectivity index (χ2n) is 9.38. The van der Waals surface area contributed by atoms with Gasteiger partial charge in [-0.1, -0.05) is 99.7 Å². The van der Waals surface area contributed by atoms with Gasteiger partial charge in [-0.05, 0) is 43.0 Å². The molecule has 1 aromatic carbocycles. The first-order valence-corrected chi connectivity index (χ1v) is 14.8. The summed E-state index contributed by atoms with van der Waals surface area (Å²) in [5, 5.41) is 13.9. The SMILES string of the molecule is CCCCCCCN1C(=O)/C(=C\c2c(C)c(C#N)c(=O)n(CCCC)c2NCc2ccccc2Cl)SC1=S. The van der Waals surface area contributed by atoms with Gasteiger partial charge in [0.25, 0.3) is 11.5 Å². The Morgan fingerprint density at radius 1 is 1.08 bits per heavy atom. The number of aromatic nitrogens is 1. The summed E-state index contributed by atoms with van der Waals surface area (Å²) in [6, 6.07) is 9.61. The Morgan fingerprint density at radius 2 is 1.79 bits per heavy atom. The standard InChI is InChI=1S/C29H35ClN4O2S2/c1-4-6-8-9-12-16-34-28(36)25(38-29(34)37)17-22-20(3)23(18-31)27(35)33(15-7-5-2)26(22)32-19-21-13-10-11-14-24(21)30/h10-11,13-14,17,32H,4-9,12,15-16,19H2,1-3H3/b25-17+. The molecule has 38 heavy (non-hydrogen) atoms. The Balaban J connectivity index is 2.02. The number of nitrogens with zero attached hydrogens (tertiary/aromatic N) is 3. The number of rotatable bonds is 13. The number of carbonyl (C=O) groups is 1. The molecule has 2 aromatic rings. The lowest BCUT2D eigenvalue weighted by Gasteiger charge is -2.20. The van der Waals surface area contributed by atoms with E-state index in [-0.39, 0.29) is 17.0 Å². The van der Waals surface area contributed by atoms with E-state index in [0.717, 1.165) is 37.7 Å². The van der Waals surface area contributed by atoms with E-state index in [2.05, 4.69) is 25.2 Å². The van der Waals surface area contributed by atoms with Gasteiger partial charge in [0.1, 0.15) is 21.8 Å². The molecule has 0 atom stereocenters. The number of pyridine rings is 1. The van der Waals surface area contributed by atoms with E-state index in [1.165, 1.54) is 24.6 Å². The van der Waals surface area contributed by atoms with Crippen LogP contribution in [0.25, 0.3) is 6.08 Å². The first-order chi connectivity index (χ1) is 18.3. The van der Waals surface area contributed by atoms with Gasteiger partial charge in [0, 0.05) is 30.2 Å². The molecule has 9 heteroatoms. The summed E-state index contributed by atoms with van der Waals surface area (Å²) < 4.78 is 2.16. The number of thiocarbonyl (C=S) groups is 1. The van der Waals surface area contributed by atoms with Gasteiger partial charge < -0.3 is 5.32 Å². The summed E-state index contributed by atoms with van der Waals surface area (Å²) in [5.41, 5.74) is 1.81. The number of nitriles is 1. The largest absolute Gasteiger partial charge is 0.367 e. The maximum atomic E-state index is 13.3. The minimum atomic E-state index is -0.336. The molecule has 2 heterocycles. The summed E-state index contributed by atoms with van der Waals surface area (Å²) in [7, 11) is 0. The zero-order valence-corrected chi connectivity index (χ0v) is 24.7. The molecule has 0 unspecified atom stereocenters. The Bertz CT molecular complexity index is 1310. The van der Waals surface area contributed by atoms with E-state index in [0.29, 0.717) is 50.8 Å². The van der Waals surface area contributed by atoms with Gasteiger partial charge in [-0.25, -0.2) is 0 Å². The van der Waals surface area contributed by atoms with Crippen molar-refractivity contribution in [2.75, 3.05) is 11.9 Å². The molecule has 0 radical (unpaired) electrons.